The highest BCUT2D eigenvalue weighted by Crippen LogP contribution is 2.28. The van der Waals surface area contributed by atoms with E-state index in [1.807, 2.05) is 0 Å². The summed E-state index contributed by atoms with van der Waals surface area (Å²) in [6.45, 7) is 1.33. The van der Waals surface area contributed by atoms with Gasteiger partial charge in [-0.15, -0.1) is 0 Å². The molecule has 3 N–H and O–H groups in total. The van der Waals surface area contributed by atoms with Crippen molar-refractivity contribution in [3.05, 3.63) is 30.2 Å². The van der Waals surface area contributed by atoms with Crippen molar-refractivity contribution in [3.8, 4) is 0 Å². The van der Waals surface area contributed by atoms with Crippen LogP contribution in [0.3, 0.4) is 0 Å². The molecule has 0 aliphatic rings. The first-order valence-corrected chi connectivity index (χ1v) is 5.79. The van der Waals surface area contributed by atoms with Gasteiger partial charge in [-0.2, -0.15) is 0 Å². The summed E-state index contributed by atoms with van der Waals surface area (Å²) in [5.74, 6) is 0.204. The first-order valence-electron chi connectivity index (χ1n) is 5.79. The number of nitrogens with one attached hydrogen (secondary N) is 1. The third-order valence-corrected chi connectivity index (χ3v) is 2.73. The number of nitrogens with zero attached hydrogens (tertiary/aromatic N) is 1. The topological polar surface area (TPSA) is 60.2 Å². The number of nitrogen functional groups attached to an aromatic ring is 1. The second-order valence-corrected chi connectivity index (χ2v) is 3.99. The number of ether oxygens (including phenoxy) is 1. The number of aromatic nitrogens is 1. The largest absolute Gasteiger partial charge is 0.398 e. The van der Waals surface area contributed by atoms with E-state index in [0.29, 0.717) is 35.4 Å². The molecule has 0 amide bonds. The molecule has 96 valence electrons. The number of benzene rings is 1. The first-order chi connectivity index (χ1) is 8.74. The molecular weight excluding hydrogens is 233 g/mol. The van der Waals surface area contributed by atoms with Gasteiger partial charge in [0.2, 0.25) is 0 Å². The Morgan fingerprint density at radius 3 is 3.00 bits per heavy atom. The van der Waals surface area contributed by atoms with Crippen molar-refractivity contribution in [1.29, 1.82) is 0 Å². The molecular formula is C13H16FN3O. The predicted octanol–water partition coefficient (Wildman–Crippen LogP) is 2.40. The zero-order chi connectivity index (χ0) is 13.0. The number of nitrogens with two attached hydrogens (primary N) is 1. The van der Waals surface area contributed by atoms with Gasteiger partial charge in [0, 0.05) is 37.5 Å². The minimum atomic E-state index is -0.318. The summed E-state index contributed by atoms with van der Waals surface area (Å²) in [4.78, 5) is 4.16. The van der Waals surface area contributed by atoms with Gasteiger partial charge in [-0.3, -0.25) is 0 Å². The van der Waals surface area contributed by atoms with E-state index in [-0.39, 0.29) is 5.82 Å². The smallest absolute Gasteiger partial charge is 0.136 e. The van der Waals surface area contributed by atoms with Crippen LogP contribution < -0.4 is 11.1 Å². The second kappa shape index (κ2) is 5.64. The average molecular weight is 249 g/mol. The minimum Gasteiger partial charge on any atom is -0.398 e. The van der Waals surface area contributed by atoms with Gasteiger partial charge in [0.05, 0.1) is 5.39 Å². The molecule has 0 bridgehead atoms. The Hall–Kier alpha value is -1.88. The molecule has 5 heteroatoms. The fraction of sp³-hybridized carbons (Fsp3) is 0.308. The highest BCUT2D eigenvalue weighted by atomic mass is 19.1. The first kappa shape index (κ1) is 12.6. The van der Waals surface area contributed by atoms with E-state index in [1.54, 1.807) is 25.4 Å². The summed E-state index contributed by atoms with van der Waals surface area (Å²) in [6, 6.07) is 4.64. The zero-order valence-electron chi connectivity index (χ0n) is 10.2. The van der Waals surface area contributed by atoms with Gasteiger partial charge in [-0.05, 0) is 24.6 Å². The molecule has 0 aliphatic carbocycles. The monoisotopic (exact) mass is 249 g/mol. The van der Waals surface area contributed by atoms with E-state index in [1.165, 1.54) is 6.07 Å². The second-order valence-electron chi connectivity index (χ2n) is 3.99. The van der Waals surface area contributed by atoms with Crippen molar-refractivity contribution in [3.63, 3.8) is 0 Å². The molecule has 0 atom stereocenters. The fourth-order valence-electron chi connectivity index (χ4n) is 1.84. The van der Waals surface area contributed by atoms with Crippen molar-refractivity contribution in [1.82, 2.24) is 4.98 Å². The molecule has 1 aromatic heterocycles. The van der Waals surface area contributed by atoms with E-state index >= 15 is 0 Å². The van der Waals surface area contributed by atoms with Crippen LogP contribution in [0.2, 0.25) is 0 Å². The Labute approximate surface area is 105 Å². The van der Waals surface area contributed by atoms with Gasteiger partial charge < -0.3 is 15.8 Å². The number of rotatable bonds is 5. The molecule has 0 fully saturated rings. The lowest BCUT2D eigenvalue weighted by atomic mass is 10.1. The summed E-state index contributed by atoms with van der Waals surface area (Å²) in [6.07, 6.45) is 2.45. The number of hydrogen-bond acceptors (Lipinski definition) is 4. The Morgan fingerprint density at radius 1 is 1.39 bits per heavy atom. The molecule has 18 heavy (non-hydrogen) atoms. The maximum absolute atomic E-state index is 13.8. The Balaban J connectivity index is 2.30. The molecule has 0 unspecified atom stereocenters. The summed E-state index contributed by atoms with van der Waals surface area (Å²) in [5, 5.41) is 4.22. The third-order valence-electron chi connectivity index (χ3n) is 2.73. The van der Waals surface area contributed by atoms with Crippen molar-refractivity contribution in [2.45, 2.75) is 6.42 Å². The Kier molecular flexibility index (Phi) is 3.94. The number of anilines is 2. The molecule has 2 rings (SSSR count). The zero-order valence-corrected chi connectivity index (χ0v) is 10.2. The van der Waals surface area contributed by atoms with Gasteiger partial charge in [0.25, 0.3) is 0 Å². The molecule has 2 aromatic rings. The Morgan fingerprint density at radius 2 is 2.22 bits per heavy atom. The van der Waals surface area contributed by atoms with Gasteiger partial charge in [0.1, 0.15) is 11.6 Å². The van der Waals surface area contributed by atoms with Crippen molar-refractivity contribution in [2.75, 3.05) is 31.3 Å². The molecule has 0 saturated carbocycles. The van der Waals surface area contributed by atoms with E-state index < -0.39 is 0 Å². The number of halogens is 1. The summed E-state index contributed by atoms with van der Waals surface area (Å²) in [5.41, 5.74) is 6.38. The number of fused-ring (bicyclic) bond motifs is 1. The number of hydrogen-bond donors (Lipinski definition) is 2. The highest BCUT2D eigenvalue weighted by molar-refractivity contribution is 5.99. The standard InChI is InChI=1S/C13H16FN3O/c1-18-8-2-6-16-13-12-9(5-7-17-13)11(15)4-3-10(12)14/h3-5,7H,2,6,8,15H2,1H3,(H,16,17). The van der Waals surface area contributed by atoms with Crippen molar-refractivity contribution in [2.24, 2.45) is 0 Å². The van der Waals surface area contributed by atoms with Crippen LogP contribution in [0.5, 0.6) is 0 Å². The summed E-state index contributed by atoms with van der Waals surface area (Å²) in [7, 11) is 1.65. The van der Waals surface area contributed by atoms with Crippen LogP contribution in [0.25, 0.3) is 10.8 Å². The van der Waals surface area contributed by atoms with Crippen molar-refractivity contribution < 1.29 is 9.13 Å². The van der Waals surface area contributed by atoms with Crippen LogP contribution in [-0.4, -0.2) is 25.2 Å². The van der Waals surface area contributed by atoms with Gasteiger partial charge in [0.15, 0.2) is 0 Å². The third kappa shape index (κ3) is 2.51. The highest BCUT2D eigenvalue weighted by Gasteiger charge is 2.09. The lowest BCUT2D eigenvalue weighted by Gasteiger charge is -2.10. The normalized spacial score (nSPS) is 10.8. The molecule has 1 aromatic carbocycles. The maximum atomic E-state index is 13.8. The minimum absolute atomic E-state index is 0.318. The average Bonchev–Trinajstić information content (AvgIpc) is 2.39. The van der Waals surface area contributed by atoms with E-state index in [2.05, 4.69) is 10.3 Å². The van der Waals surface area contributed by atoms with Gasteiger partial charge >= 0.3 is 0 Å². The lowest BCUT2D eigenvalue weighted by Crippen LogP contribution is -2.07. The van der Waals surface area contributed by atoms with Gasteiger partial charge in [-0.1, -0.05) is 0 Å². The summed E-state index contributed by atoms with van der Waals surface area (Å²) < 4.78 is 18.8. The van der Waals surface area contributed by atoms with Crippen LogP contribution >= 0.6 is 0 Å². The lowest BCUT2D eigenvalue weighted by molar-refractivity contribution is 0.198. The van der Waals surface area contributed by atoms with E-state index in [4.69, 9.17) is 10.5 Å². The number of methoxy groups -OCH3 is 1. The van der Waals surface area contributed by atoms with Crippen LogP contribution in [-0.2, 0) is 4.74 Å². The quantitative estimate of drug-likeness (QED) is 0.631. The maximum Gasteiger partial charge on any atom is 0.136 e. The van der Waals surface area contributed by atoms with Crippen LogP contribution in [0.15, 0.2) is 24.4 Å². The molecule has 0 radical (unpaired) electrons. The summed E-state index contributed by atoms with van der Waals surface area (Å²) >= 11 is 0. The number of pyridine rings is 1. The molecule has 0 spiro atoms. The Bertz CT molecular complexity index is 545. The van der Waals surface area contributed by atoms with Crippen LogP contribution in [0.4, 0.5) is 15.9 Å². The van der Waals surface area contributed by atoms with E-state index in [0.717, 1.165) is 6.42 Å². The fourth-order valence-corrected chi connectivity index (χ4v) is 1.84. The van der Waals surface area contributed by atoms with Gasteiger partial charge in [-0.25, -0.2) is 9.37 Å². The van der Waals surface area contributed by atoms with E-state index in [9.17, 15) is 4.39 Å². The predicted molar refractivity (Wildman–Crippen MR) is 71.1 cm³/mol. The molecule has 0 aliphatic heterocycles. The van der Waals surface area contributed by atoms with Crippen LogP contribution in [0.1, 0.15) is 6.42 Å². The molecule has 1 heterocycles. The molecule has 4 nitrogen and oxygen atoms in total. The molecule has 0 saturated heterocycles. The van der Waals surface area contributed by atoms with Crippen molar-refractivity contribution >= 4 is 22.3 Å². The SMILES string of the molecule is COCCCNc1nccc2c(N)ccc(F)c12. The van der Waals surface area contributed by atoms with Crippen LogP contribution in [0, 0.1) is 5.82 Å².